The Balaban J connectivity index is 2.03. The van der Waals surface area contributed by atoms with E-state index in [-0.39, 0.29) is 5.91 Å². The van der Waals surface area contributed by atoms with Crippen molar-refractivity contribution in [3.8, 4) is 0 Å². The fraction of sp³-hybridized carbons (Fsp3) is 0.375. The lowest BCUT2D eigenvalue weighted by Gasteiger charge is -2.19. The van der Waals surface area contributed by atoms with Crippen LogP contribution in [0, 0.1) is 0 Å². The smallest absolute Gasteiger partial charge is 0.328 e. The summed E-state index contributed by atoms with van der Waals surface area (Å²) in [7, 11) is 1.84. The second-order valence-corrected chi connectivity index (χ2v) is 5.30. The summed E-state index contributed by atoms with van der Waals surface area (Å²) >= 11 is 0. The molecule has 1 aliphatic rings. The van der Waals surface area contributed by atoms with Crippen molar-refractivity contribution in [3.05, 3.63) is 41.5 Å². The standard InChI is InChI=1S/C16H20N2O3/c1-17-8-3-9-18(12-15(17)19)11-14-5-2-4-13(10-14)6-7-16(20)21/h2,4-7,10H,3,8-9,11-12H2,1H3,(H,20,21)/b7-6+. The van der Waals surface area contributed by atoms with Crippen molar-refractivity contribution in [2.75, 3.05) is 26.7 Å². The highest BCUT2D eigenvalue weighted by molar-refractivity contribution is 5.85. The average molecular weight is 288 g/mol. The average Bonchev–Trinajstić information content (AvgIpc) is 2.59. The summed E-state index contributed by atoms with van der Waals surface area (Å²) in [4.78, 5) is 26.3. The Morgan fingerprint density at radius 3 is 2.95 bits per heavy atom. The minimum atomic E-state index is -0.957. The molecule has 2 rings (SSSR count). The fourth-order valence-corrected chi connectivity index (χ4v) is 2.40. The Morgan fingerprint density at radius 2 is 2.19 bits per heavy atom. The van der Waals surface area contributed by atoms with Crippen molar-refractivity contribution in [3.63, 3.8) is 0 Å². The van der Waals surface area contributed by atoms with E-state index < -0.39 is 5.97 Å². The molecular weight excluding hydrogens is 268 g/mol. The summed E-state index contributed by atoms with van der Waals surface area (Å²) in [5, 5.41) is 8.65. The normalized spacial score (nSPS) is 17.2. The Labute approximate surface area is 124 Å². The number of carbonyl (C=O) groups is 2. The summed E-state index contributed by atoms with van der Waals surface area (Å²) in [5.74, 6) is -0.809. The zero-order chi connectivity index (χ0) is 15.2. The van der Waals surface area contributed by atoms with Gasteiger partial charge in [-0.05, 0) is 23.6 Å². The lowest BCUT2D eigenvalue weighted by atomic mass is 10.1. The van der Waals surface area contributed by atoms with Crippen LogP contribution >= 0.6 is 0 Å². The van der Waals surface area contributed by atoms with E-state index in [1.807, 2.05) is 31.3 Å². The predicted molar refractivity (Wildman–Crippen MR) is 80.6 cm³/mol. The summed E-state index contributed by atoms with van der Waals surface area (Å²) < 4.78 is 0. The molecule has 1 aliphatic heterocycles. The summed E-state index contributed by atoms with van der Waals surface area (Å²) in [6, 6.07) is 7.72. The van der Waals surface area contributed by atoms with Gasteiger partial charge in [0.15, 0.2) is 0 Å². The van der Waals surface area contributed by atoms with E-state index in [0.29, 0.717) is 13.1 Å². The molecule has 0 unspecified atom stereocenters. The third-order valence-electron chi connectivity index (χ3n) is 3.53. The second kappa shape index (κ2) is 7.04. The molecule has 1 N–H and O–H groups in total. The lowest BCUT2D eigenvalue weighted by Crippen LogP contribution is -2.34. The Kier molecular flexibility index (Phi) is 5.11. The minimum Gasteiger partial charge on any atom is -0.478 e. The van der Waals surface area contributed by atoms with Crippen molar-refractivity contribution in [2.24, 2.45) is 0 Å². The topological polar surface area (TPSA) is 60.9 Å². The number of likely N-dealkylation sites (N-methyl/N-ethyl adjacent to an activating group) is 1. The molecule has 1 saturated heterocycles. The number of carboxylic acids is 1. The molecule has 1 aromatic rings. The van der Waals surface area contributed by atoms with Crippen molar-refractivity contribution in [2.45, 2.75) is 13.0 Å². The van der Waals surface area contributed by atoms with E-state index in [1.54, 1.807) is 11.0 Å². The van der Waals surface area contributed by atoms with Gasteiger partial charge in [-0.25, -0.2) is 4.79 Å². The molecule has 0 bridgehead atoms. The van der Waals surface area contributed by atoms with Crippen LogP contribution in [-0.4, -0.2) is 53.5 Å². The zero-order valence-electron chi connectivity index (χ0n) is 12.2. The maximum atomic E-state index is 11.9. The van der Waals surface area contributed by atoms with Gasteiger partial charge in [-0.2, -0.15) is 0 Å². The van der Waals surface area contributed by atoms with Gasteiger partial charge in [-0.1, -0.05) is 24.3 Å². The number of nitrogens with zero attached hydrogens (tertiary/aromatic N) is 2. The van der Waals surface area contributed by atoms with Gasteiger partial charge in [0, 0.05) is 32.8 Å². The molecule has 1 amide bonds. The van der Waals surface area contributed by atoms with E-state index >= 15 is 0 Å². The number of carbonyl (C=O) groups excluding carboxylic acids is 1. The van der Waals surface area contributed by atoms with E-state index in [1.165, 1.54) is 0 Å². The first-order valence-electron chi connectivity index (χ1n) is 7.01. The van der Waals surface area contributed by atoms with Gasteiger partial charge < -0.3 is 10.0 Å². The highest BCUT2D eigenvalue weighted by atomic mass is 16.4. The minimum absolute atomic E-state index is 0.148. The molecule has 1 heterocycles. The first-order chi connectivity index (χ1) is 10.0. The van der Waals surface area contributed by atoms with Gasteiger partial charge in [-0.3, -0.25) is 9.69 Å². The molecule has 112 valence electrons. The van der Waals surface area contributed by atoms with Crippen LogP contribution in [0.3, 0.4) is 0 Å². The number of hydrogen-bond donors (Lipinski definition) is 1. The third-order valence-corrected chi connectivity index (χ3v) is 3.53. The molecule has 21 heavy (non-hydrogen) atoms. The van der Waals surface area contributed by atoms with Crippen LogP contribution in [0.15, 0.2) is 30.3 Å². The van der Waals surface area contributed by atoms with Crippen LogP contribution in [0.25, 0.3) is 6.08 Å². The van der Waals surface area contributed by atoms with Crippen LogP contribution < -0.4 is 0 Å². The van der Waals surface area contributed by atoms with Gasteiger partial charge in [-0.15, -0.1) is 0 Å². The van der Waals surface area contributed by atoms with Crippen molar-refractivity contribution in [1.82, 2.24) is 9.80 Å². The predicted octanol–water partition coefficient (Wildman–Crippen LogP) is 1.45. The number of hydrogen-bond acceptors (Lipinski definition) is 3. The first-order valence-corrected chi connectivity index (χ1v) is 7.01. The van der Waals surface area contributed by atoms with Gasteiger partial charge in [0.25, 0.3) is 0 Å². The van der Waals surface area contributed by atoms with Crippen molar-refractivity contribution < 1.29 is 14.7 Å². The van der Waals surface area contributed by atoms with Gasteiger partial charge in [0.05, 0.1) is 6.54 Å². The van der Waals surface area contributed by atoms with Crippen LogP contribution in [-0.2, 0) is 16.1 Å². The van der Waals surface area contributed by atoms with E-state index in [0.717, 1.165) is 36.7 Å². The highest BCUT2D eigenvalue weighted by Crippen LogP contribution is 2.12. The number of rotatable bonds is 4. The Morgan fingerprint density at radius 1 is 1.38 bits per heavy atom. The SMILES string of the molecule is CN1CCCN(Cc2cccc(/C=C/C(=O)O)c2)CC1=O. The van der Waals surface area contributed by atoms with E-state index in [4.69, 9.17) is 5.11 Å². The highest BCUT2D eigenvalue weighted by Gasteiger charge is 2.18. The van der Waals surface area contributed by atoms with Crippen LogP contribution in [0.2, 0.25) is 0 Å². The number of benzene rings is 1. The Hall–Kier alpha value is -2.14. The largest absolute Gasteiger partial charge is 0.478 e. The van der Waals surface area contributed by atoms with Gasteiger partial charge in [0.1, 0.15) is 0 Å². The molecular formula is C16H20N2O3. The first kappa shape index (κ1) is 15.3. The summed E-state index contributed by atoms with van der Waals surface area (Å²) in [6.07, 6.45) is 3.68. The number of aliphatic carboxylic acids is 1. The van der Waals surface area contributed by atoms with Crippen molar-refractivity contribution in [1.29, 1.82) is 0 Å². The van der Waals surface area contributed by atoms with Gasteiger partial charge in [0.2, 0.25) is 5.91 Å². The van der Waals surface area contributed by atoms with Crippen LogP contribution in [0.4, 0.5) is 0 Å². The molecule has 5 heteroatoms. The maximum Gasteiger partial charge on any atom is 0.328 e. The van der Waals surface area contributed by atoms with Gasteiger partial charge >= 0.3 is 5.97 Å². The zero-order valence-corrected chi connectivity index (χ0v) is 12.2. The number of carboxylic acid groups (broad SMARTS) is 1. The van der Waals surface area contributed by atoms with Crippen molar-refractivity contribution >= 4 is 18.0 Å². The Bertz CT molecular complexity index is 554. The summed E-state index contributed by atoms with van der Waals surface area (Å²) in [6.45, 7) is 2.84. The lowest BCUT2D eigenvalue weighted by molar-refractivity contribution is -0.131. The molecule has 1 fully saturated rings. The monoisotopic (exact) mass is 288 g/mol. The molecule has 5 nitrogen and oxygen atoms in total. The summed E-state index contributed by atoms with van der Waals surface area (Å²) in [5.41, 5.74) is 1.94. The maximum absolute atomic E-state index is 11.9. The van der Waals surface area contributed by atoms with Crippen LogP contribution in [0.1, 0.15) is 17.5 Å². The van der Waals surface area contributed by atoms with Crippen LogP contribution in [0.5, 0.6) is 0 Å². The molecule has 0 radical (unpaired) electrons. The molecule has 0 atom stereocenters. The molecule has 0 aliphatic carbocycles. The molecule has 0 saturated carbocycles. The van der Waals surface area contributed by atoms with E-state index in [9.17, 15) is 9.59 Å². The fourth-order valence-electron chi connectivity index (χ4n) is 2.40. The third kappa shape index (κ3) is 4.72. The van der Waals surface area contributed by atoms with E-state index in [2.05, 4.69) is 4.90 Å². The molecule has 0 spiro atoms. The molecule has 1 aromatic carbocycles. The quantitative estimate of drug-likeness (QED) is 0.852. The second-order valence-electron chi connectivity index (χ2n) is 5.30. The molecule has 0 aromatic heterocycles. The number of amides is 1.